The van der Waals surface area contributed by atoms with E-state index in [1.807, 2.05) is 54.6 Å². The van der Waals surface area contributed by atoms with Crippen molar-refractivity contribution >= 4 is 5.91 Å². The first kappa shape index (κ1) is 14.8. The Morgan fingerprint density at radius 2 is 1.87 bits per heavy atom. The lowest BCUT2D eigenvalue weighted by molar-refractivity contribution is 0.0946. The van der Waals surface area contributed by atoms with Gasteiger partial charge in [-0.2, -0.15) is 0 Å². The smallest absolute Gasteiger partial charge is 0.273 e. The van der Waals surface area contributed by atoms with Gasteiger partial charge in [0.1, 0.15) is 12.0 Å². The molecule has 1 heterocycles. The minimum absolute atomic E-state index is 0.256. The van der Waals surface area contributed by atoms with Gasteiger partial charge in [0.15, 0.2) is 5.69 Å². The molecule has 5 heteroatoms. The van der Waals surface area contributed by atoms with Crippen LogP contribution in [0.1, 0.15) is 16.1 Å². The Balaban J connectivity index is 1.67. The molecular weight excluding hydrogens is 292 g/mol. The monoisotopic (exact) mass is 308 g/mol. The fourth-order valence-corrected chi connectivity index (χ4v) is 2.11. The minimum Gasteiger partial charge on any atom is -0.497 e. The average molecular weight is 308 g/mol. The minimum atomic E-state index is -0.266. The maximum Gasteiger partial charge on any atom is 0.273 e. The molecule has 116 valence electrons. The van der Waals surface area contributed by atoms with E-state index >= 15 is 0 Å². The molecule has 3 rings (SSSR count). The predicted octanol–water partition coefficient (Wildman–Crippen LogP) is 3.28. The third-order valence-electron chi connectivity index (χ3n) is 3.37. The van der Waals surface area contributed by atoms with Crippen LogP contribution < -0.4 is 10.1 Å². The third-order valence-corrected chi connectivity index (χ3v) is 3.37. The zero-order valence-electron chi connectivity index (χ0n) is 12.7. The quantitative estimate of drug-likeness (QED) is 0.785. The maximum atomic E-state index is 12.1. The molecule has 0 saturated heterocycles. The number of nitrogens with zero attached hydrogens (tertiary/aromatic N) is 1. The number of benzene rings is 2. The van der Waals surface area contributed by atoms with Crippen LogP contribution in [0.25, 0.3) is 11.5 Å². The van der Waals surface area contributed by atoms with Crippen LogP contribution in [0.4, 0.5) is 0 Å². The Bertz CT molecular complexity index is 780. The Labute approximate surface area is 133 Å². The number of nitrogens with one attached hydrogen (secondary N) is 1. The van der Waals surface area contributed by atoms with Gasteiger partial charge in [-0.1, -0.05) is 30.3 Å². The van der Waals surface area contributed by atoms with Gasteiger partial charge in [-0.15, -0.1) is 0 Å². The van der Waals surface area contributed by atoms with E-state index < -0.39 is 0 Å². The molecule has 0 bridgehead atoms. The molecule has 1 aromatic heterocycles. The van der Waals surface area contributed by atoms with Gasteiger partial charge in [-0.25, -0.2) is 4.98 Å². The van der Waals surface area contributed by atoms with Crippen LogP contribution in [-0.2, 0) is 6.54 Å². The number of methoxy groups -OCH3 is 1. The lowest BCUT2D eigenvalue weighted by atomic mass is 10.2. The molecule has 0 aliphatic heterocycles. The van der Waals surface area contributed by atoms with Crippen molar-refractivity contribution in [2.45, 2.75) is 6.54 Å². The van der Waals surface area contributed by atoms with Crippen LogP contribution in [0, 0.1) is 0 Å². The zero-order valence-corrected chi connectivity index (χ0v) is 12.7. The van der Waals surface area contributed by atoms with Gasteiger partial charge in [-0.3, -0.25) is 4.79 Å². The lowest BCUT2D eigenvalue weighted by Gasteiger charge is -2.02. The number of rotatable bonds is 5. The van der Waals surface area contributed by atoms with E-state index in [1.54, 1.807) is 7.11 Å². The maximum absolute atomic E-state index is 12.1. The first-order valence-electron chi connectivity index (χ1n) is 7.18. The number of hydrogen-bond donors (Lipinski definition) is 1. The Kier molecular flexibility index (Phi) is 4.38. The predicted molar refractivity (Wildman–Crippen MR) is 86.1 cm³/mol. The molecule has 5 nitrogen and oxygen atoms in total. The summed E-state index contributed by atoms with van der Waals surface area (Å²) in [5.41, 5.74) is 2.07. The van der Waals surface area contributed by atoms with E-state index in [0.717, 1.165) is 16.9 Å². The van der Waals surface area contributed by atoms with E-state index in [2.05, 4.69) is 10.3 Å². The van der Waals surface area contributed by atoms with Gasteiger partial charge in [0.25, 0.3) is 5.91 Å². The molecule has 1 amide bonds. The van der Waals surface area contributed by atoms with Gasteiger partial charge in [0, 0.05) is 12.1 Å². The van der Waals surface area contributed by atoms with Crippen LogP contribution >= 0.6 is 0 Å². The summed E-state index contributed by atoms with van der Waals surface area (Å²) in [5.74, 6) is 0.885. The average Bonchev–Trinajstić information content (AvgIpc) is 3.11. The summed E-state index contributed by atoms with van der Waals surface area (Å²) in [7, 11) is 1.61. The Morgan fingerprint density at radius 3 is 2.57 bits per heavy atom. The van der Waals surface area contributed by atoms with Crippen molar-refractivity contribution in [1.82, 2.24) is 10.3 Å². The van der Waals surface area contributed by atoms with Crippen molar-refractivity contribution in [3.8, 4) is 17.2 Å². The molecule has 3 aromatic rings. The van der Waals surface area contributed by atoms with Gasteiger partial charge in [-0.05, 0) is 29.8 Å². The highest BCUT2D eigenvalue weighted by Crippen LogP contribution is 2.21. The summed E-state index contributed by atoms with van der Waals surface area (Å²) in [6, 6.07) is 17.0. The van der Waals surface area contributed by atoms with Crippen molar-refractivity contribution in [1.29, 1.82) is 0 Å². The fraction of sp³-hybridized carbons (Fsp3) is 0.111. The molecule has 0 fully saturated rings. The van der Waals surface area contributed by atoms with Gasteiger partial charge >= 0.3 is 0 Å². The molecular formula is C18H16N2O3. The largest absolute Gasteiger partial charge is 0.497 e. The number of carbonyl (C=O) groups excluding carboxylic acids is 1. The van der Waals surface area contributed by atoms with Crippen molar-refractivity contribution in [3.05, 3.63) is 72.1 Å². The number of aromatic nitrogens is 1. The zero-order chi connectivity index (χ0) is 16.1. The van der Waals surface area contributed by atoms with Crippen LogP contribution in [-0.4, -0.2) is 18.0 Å². The van der Waals surface area contributed by atoms with Gasteiger partial charge < -0.3 is 14.5 Å². The molecule has 1 N–H and O–H groups in total. The second-order valence-corrected chi connectivity index (χ2v) is 4.93. The highest BCUT2D eigenvalue weighted by molar-refractivity contribution is 5.92. The molecule has 0 atom stereocenters. The Hall–Kier alpha value is -3.08. The lowest BCUT2D eigenvalue weighted by Crippen LogP contribution is -2.23. The number of oxazole rings is 1. The van der Waals surface area contributed by atoms with E-state index in [4.69, 9.17) is 9.15 Å². The van der Waals surface area contributed by atoms with Crippen molar-refractivity contribution in [2.75, 3.05) is 7.11 Å². The number of ether oxygens (including phenoxy) is 1. The summed E-state index contributed by atoms with van der Waals surface area (Å²) < 4.78 is 10.5. The number of hydrogen-bond acceptors (Lipinski definition) is 4. The van der Waals surface area contributed by atoms with E-state index in [1.165, 1.54) is 6.26 Å². The van der Waals surface area contributed by atoms with E-state index in [-0.39, 0.29) is 11.6 Å². The molecule has 0 aliphatic rings. The number of amides is 1. The van der Waals surface area contributed by atoms with Gasteiger partial charge in [0.05, 0.1) is 7.11 Å². The topological polar surface area (TPSA) is 64.4 Å². The normalized spacial score (nSPS) is 10.3. The van der Waals surface area contributed by atoms with Crippen LogP contribution in [0.2, 0.25) is 0 Å². The van der Waals surface area contributed by atoms with Crippen molar-refractivity contribution < 1.29 is 13.9 Å². The summed E-state index contributed by atoms with van der Waals surface area (Å²) in [6.07, 6.45) is 1.36. The summed E-state index contributed by atoms with van der Waals surface area (Å²) in [5, 5.41) is 2.82. The first-order chi connectivity index (χ1) is 11.3. The molecule has 0 unspecified atom stereocenters. The van der Waals surface area contributed by atoms with Crippen molar-refractivity contribution in [3.63, 3.8) is 0 Å². The highest BCUT2D eigenvalue weighted by atomic mass is 16.5. The summed E-state index contributed by atoms with van der Waals surface area (Å²) >= 11 is 0. The molecule has 0 saturated carbocycles. The van der Waals surface area contributed by atoms with E-state index in [0.29, 0.717) is 12.4 Å². The van der Waals surface area contributed by atoms with Crippen molar-refractivity contribution in [2.24, 2.45) is 0 Å². The first-order valence-corrected chi connectivity index (χ1v) is 7.18. The highest BCUT2D eigenvalue weighted by Gasteiger charge is 2.13. The number of carbonyl (C=O) groups is 1. The fourth-order valence-electron chi connectivity index (χ4n) is 2.11. The standard InChI is InChI=1S/C18H16N2O3/c1-22-15-9-7-14(8-10-15)18-20-16(12-23-18)17(21)19-11-13-5-3-2-4-6-13/h2-10,12H,11H2,1H3,(H,19,21). The van der Waals surface area contributed by atoms with Crippen LogP contribution in [0.15, 0.2) is 65.3 Å². The second kappa shape index (κ2) is 6.79. The van der Waals surface area contributed by atoms with Crippen LogP contribution in [0.3, 0.4) is 0 Å². The van der Waals surface area contributed by atoms with Gasteiger partial charge in [0.2, 0.25) is 5.89 Å². The Morgan fingerprint density at radius 1 is 1.13 bits per heavy atom. The summed E-state index contributed by atoms with van der Waals surface area (Å²) in [6.45, 7) is 0.449. The SMILES string of the molecule is COc1ccc(-c2nc(C(=O)NCc3ccccc3)co2)cc1. The molecule has 0 spiro atoms. The molecule has 23 heavy (non-hydrogen) atoms. The molecule has 0 radical (unpaired) electrons. The summed E-state index contributed by atoms with van der Waals surface area (Å²) in [4.78, 5) is 16.3. The third kappa shape index (κ3) is 3.58. The van der Waals surface area contributed by atoms with Crippen LogP contribution in [0.5, 0.6) is 5.75 Å². The molecule has 2 aromatic carbocycles. The van der Waals surface area contributed by atoms with E-state index in [9.17, 15) is 4.79 Å². The molecule has 0 aliphatic carbocycles. The second-order valence-electron chi connectivity index (χ2n) is 4.93.